The van der Waals surface area contributed by atoms with Crippen LogP contribution in [0.25, 0.3) is 0 Å². The summed E-state index contributed by atoms with van der Waals surface area (Å²) in [6.07, 6.45) is -0.997. The molecule has 0 aromatic heterocycles. The minimum absolute atomic E-state index is 0.0825. The summed E-state index contributed by atoms with van der Waals surface area (Å²) < 4.78 is 38.7. The number of methoxy groups -OCH3 is 3. The largest absolute Gasteiger partial charge is 0.497 e. The van der Waals surface area contributed by atoms with E-state index in [1.54, 1.807) is 21.3 Å². The van der Waals surface area contributed by atoms with E-state index in [1.165, 1.54) is 0 Å². The number of carbonyl (C=O) groups is 1. The van der Waals surface area contributed by atoms with Gasteiger partial charge in [-0.25, -0.2) is 4.79 Å². The minimum atomic E-state index is -0.734. The molecule has 1 heterocycles. The van der Waals surface area contributed by atoms with Gasteiger partial charge in [-0.15, -0.1) is 0 Å². The molecule has 1 aromatic carbocycles. The Morgan fingerprint density at radius 3 is 2.43 bits per heavy atom. The standard InChI is InChI=1S/C20H28O8/c1-20(27-12-23-3)9-15-16(18(20)26-11-22-2)17(19(21)28-15)25-10-13-5-7-14(24-4)8-6-13/h5-8,15-18H,9-12H2,1-4H3/t15-,16+,17-,18-,20-/m1/s1. The molecule has 1 aliphatic heterocycles. The van der Waals surface area contributed by atoms with Crippen molar-refractivity contribution in [2.75, 3.05) is 34.9 Å². The number of fused-ring (bicyclic) bond motifs is 1. The SMILES string of the molecule is COCO[C@@H]1[C@H]2[C@@H](C[C@@]1(C)OCOC)OC(=O)[C@@H]2OCc1ccc(OC)cc1. The summed E-state index contributed by atoms with van der Waals surface area (Å²) in [6, 6.07) is 7.50. The maximum atomic E-state index is 12.4. The molecule has 1 aromatic rings. The van der Waals surface area contributed by atoms with Crippen LogP contribution >= 0.6 is 0 Å². The molecule has 1 saturated heterocycles. The third-order valence-corrected chi connectivity index (χ3v) is 5.30. The summed E-state index contributed by atoms with van der Waals surface area (Å²) in [6.45, 7) is 2.41. The van der Waals surface area contributed by atoms with Crippen molar-refractivity contribution in [3.05, 3.63) is 29.8 Å². The van der Waals surface area contributed by atoms with Gasteiger partial charge in [0.2, 0.25) is 0 Å². The van der Waals surface area contributed by atoms with E-state index in [-0.39, 0.29) is 38.2 Å². The van der Waals surface area contributed by atoms with Crippen LogP contribution in [0.1, 0.15) is 18.9 Å². The Morgan fingerprint density at radius 1 is 1.07 bits per heavy atom. The molecule has 1 aliphatic carbocycles. The monoisotopic (exact) mass is 396 g/mol. The Labute approximate surface area is 164 Å². The Kier molecular flexibility index (Phi) is 6.90. The maximum Gasteiger partial charge on any atom is 0.336 e. The summed E-state index contributed by atoms with van der Waals surface area (Å²) in [7, 11) is 4.72. The Morgan fingerprint density at radius 2 is 1.79 bits per heavy atom. The summed E-state index contributed by atoms with van der Waals surface area (Å²) >= 11 is 0. The first-order chi connectivity index (χ1) is 13.5. The van der Waals surface area contributed by atoms with E-state index in [2.05, 4.69) is 0 Å². The zero-order chi connectivity index (χ0) is 20.1. The van der Waals surface area contributed by atoms with Gasteiger partial charge in [0.25, 0.3) is 0 Å². The van der Waals surface area contributed by atoms with Gasteiger partial charge in [-0.3, -0.25) is 0 Å². The van der Waals surface area contributed by atoms with Gasteiger partial charge in [0.1, 0.15) is 25.4 Å². The molecule has 0 N–H and O–H groups in total. The van der Waals surface area contributed by atoms with Crippen LogP contribution in [0.2, 0.25) is 0 Å². The van der Waals surface area contributed by atoms with Crippen LogP contribution in [0, 0.1) is 5.92 Å². The van der Waals surface area contributed by atoms with Crippen molar-refractivity contribution < 1.29 is 38.0 Å². The molecule has 5 atom stereocenters. The van der Waals surface area contributed by atoms with Gasteiger partial charge in [0, 0.05) is 20.6 Å². The third kappa shape index (κ3) is 4.31. The fourth-order valence-electron chi connectivity index (χ4n) is 3.95. The average Bonchev–Trinajstić information content (AvgIpc) is 3.14. The number of rotatable bonds is 10. The number of carbonyl (C=O) groups excluding carboxylic acids is 1. The molecule has 8 heteroatoms. The molecule has 156 valence electrons. The zero-order valence-corrected chi connectivity index (χ0v) is 16.7. The third-order valence-electron chi connectivity index (χ3n) is 5.30. The number of ether oxygens (including phenoxy) is 7. The van der Waals surface area contributed by atoms with Crippen LogP contribution in [-0.2, 0) is 39.8 Å². The molecular formula is C20H28O8. The molecule has 0 radical (unpaired) electrons. The smallest absolute Gasteiger partial charge is 0.336 e. The van der Waals surface area contributed by atoms with Gasteiger partial charge >= 0.3 is 5.97 Å². The molecule has 0 spiro atoms. The highest BCUT2D eigenvalue weighted by atomic mass is 16.7. The molecule has 0 amide bonds. The maximum absolute atomic E-state index is 12.4. The number of esters is 1. The van der Waals surface area contributed by atoms with Crippen LogP contribution in [0.4, 0.5) is 0 Å². The highest BCUT2D eigenvalue weighted by Gasteiger charge is 2.62. The molecule has 1 saturated carbocycles. The van der Waals surface area contributed by atoms with E-state index in [4.69, 9.17) is 33.2 Å². The van der Waals surface area contributed by atoms with Gasteiger partial charge in [0.05, 0.1) is 31.3 Å². The van der Waals surface area contributed by atoms with Gasteiger partial charge in [-0.2, -0.15) is 0 Å². The van der Waals surface area contributed by atoms with E-state index in [0.29, 0.717) is 6.42 Å². The normalized spacial score (nSPS) is 31.6. The first-order valence-electron chi connectivity index (χ1n) is 9.21. The van der Waals surface area contributed by atoms with Crippen LogP contribution in [-0.4, -0.2) is 64.8 Å². The summed E-state index contributed by atoms with van der Waals surface area (Å²) in [4.78, 5) is 12.4. The lowest BCUT2D eigenvalue weighted by Crippen LogP contribution is -2.46. The lowest BCUT2D eigenvalue weighted by molar-refractivity contribution is -0.207. The Hall–Kier alpha value is -1.71. The topological polar surface area (TPSA) is 81.7 Å². The second kappa shape index (κ2) is 9.19. The number of benzene rings is 1. The van der Waals surface area contributed by atoms with Gasteiger partial charge in [0.15, 0.2) is 6.10 Å². The highest BCUT2D eigenvalue weighted by molar-refractivity contribution is 5.78. The van der Waals surface area contributed by atoms with Crippen LogP contribution in [0.3, 0.4) is 0 Å². The van der Waals surface area contributed by atoms with Crippen LogP contribution < -0.4 is 4.74 Å². The van der Waals surface area contributed by atoms with Crippen LogP contribution in [0.15, 0.2) is 24.3 Å². The quantitative estimate of drug-likeness (QED) is 0.438. The van der Waals surface area contributed by atoms with E-state index in [0.717, 1.165) is 11.3 Å². The molecule has 0 bridgehead atoms. The molecule has 2 aliphatic rings. The molecule has 2 fully saturated rings. The summed E-state index contributed by atoms with van der Waals surface area (Å²) in [5, 5.41) is 0. The van der Waals surface area contributed by atoms with E-state index < -0.39 is 17.8 Å². The van der Waals surface area contributed by atoms with Crippen molar-refractivity contribution in [1.29, 1.82) is 0 Å². The van der Waals surface area contributed by atoms with Gasteiger partial charge in [-0.1, -0.05) is 12.1 Å². The predicted octanol–water partition coefficient (Wildman–Crippen LogP) is 1.89. The second-order valence-corrected chi connectivity index (χ2v) is 7.19. The van der Waals surface area contributed by atoms with E-state index in [1.807, 2.05) is 31.2 Å². The van der Waals surface area contributed by atoms with E-state index >= 15 is 0 Å². The summed E-state index contributed by atoms with van der Waals surface area (Å²) in [5.74, 6) is 0.102. The fourth-order valence-corrected chi connectivity index (χ4v) is 3.95. The van der Waals surface area contributed by atoms with Crippen molar-refractivity contribution >= 4 is 5.97 Å². The highest BCUT2D eigenvalue weighted by Crippen LogP contribution is 2.47. The average molecular weight is 396 g/mol. The Balaban J connectivity index is 1.72. The second-order valence-electron chi connectivity index (χ2n) is 7.19. The van der Waals surface area contributed by atoms with Gasteiger partial charge in [-0.05, 0) is 24.6 Å². The number of hydrogen-bond acceptors (Lipinski definition) is 8. The fraction of sp³-hybridized carbons (Fsp3) is 0.650. The minimum Gasteiger partial charge on any atom is -0.497 e. The van der Waals surface area contributed by atoms with E-state index in [9.17, 15) is 4.79 Å². The molecule has 8 nitrogen and oxygen atoms in total. The molecule has 28 heavy (non-hydrogen) atoms. The van der Waals surface area contributed by atoms with Crippen molar-refractivity contribution in [3.63, 3.8) is 0 Å². The predicted molar refractivity (Wildman–Crippen MR) is 97.7 cm³/mol. The van der Waals surface area contributed by atoms with Crippen molar-refractivity contribution in [2.45, 2.75) is 43.9 Å². The lowest BCUT2D eigenvalue weighted by Gasteiger charge is -2.34. The van der Waals surface area contributed by atoms with Gasteiger partial charge < -0.3 is 33.2 Å². The molecule has 0 unspecified atom stereocenters. The number of hydrogen-bond donors (Lipinski definition) is 0. The Bertz CT molecular complexity index is 648. The van der Waals surface area contributed by atoms with Crippen molar-refractivity contribution in [1.82, 2.24) is 0 Å². The van der Waals surface area contributed by atoms with Crippen molar-refractivity contribution in [3.8, 4) is 5.75 Å². The first-order valence-corrected chi connectivity index (χ1v) is 9.21. The molecule has 3 rings (SSSR count). The van der Waals surface area contributed by atoms with Crippen molar-refractivity contribution in [2.24, 2.45) is 5.92 Å². The lowest BCUT2D eigenvalue weighted by atomic mass is 9.94. The zero-order valence-electron chi connectivity index (χ0n) is 16.7. The van der Waals surface area contributed by atoms with Crippen LogP contribution in [0.5, 0.6) is 5.75 Å². The molecular weight excluding hydrogens is 368 g/mol. The first kappa shape index (κ1) is 21.0. The summed E-state index contributed by atoms with van der Waals surface area (Å²) in [5.41, 5.74) is 0.259.